The molecule has 0 fully saturated rings. The molecule has 0 saturated carbocycles. The zero-order valence-electron chi connectivity index (χ0n) is 10.2. The number of rotatable bonds is 4. The number of carbonyl (C=O) groups is 1. The van der Waals surface area contributed by atoms with Gasteiger partial charge in [-0.25, -0.2) is 0 Å². The third-order valence-electron chi connectivity index (χ3n) is 2.50. The van der Waals surface area contributed by atoms with E-state index in [0.717, 1.165) is 0 Å². The summed E-state index contributed by atoms with van der Waals surface area (Å²) < 4.78 is 6.95. The van der Waals surface area contributed by atoms with E-state index in [-0.39, 0.29) is 11.7 Å². The first kappa shape index (κ1) is 11.6. The van der Waals surface area contributed by atoms with Crippen LogP contribution in [0, 0.1) is 0 Å². The lowest BCUT2D eigenvalue weighted by Crippen LogP contribution is -2.07. The van der Waals surface area contributed by atoms with E-state index in [1.807, 2.05) is 26.1 Å². The van der Waals surface area contributed by atoms with Crippen LogP contribution < -0.4 is 0 Å². The van der Waals surface area contributed by atoms with Gasteiger partial charge in [-0.05, 0) is 12.1 Å². The number of hydrogen-bond acceptors (Lipinski definition) is 4. The van der Waals surface area contributed by atoms with Crippen molar-refractivity contribution in [3.05, 3.63) is 35.7 Å². The molecule has 2 aromatic rings. The van der Waals surface area contributed by atoms with Crippen molar-refractivity contribution in [1.82, 2.24) is 14.7 Å². The van der Waals surface area contributed by atoms with Crippen molar-refractivity contribution in [2.75, 3.05) is 0 Å². The molecule has 0 bridgehead atoms. The second-order valence-electron chi connectivity index (χ2n) is 4.28. The lowest BCUT2D eigenvalue weighted by molar-refractivity contribution is 0.100. The fourth-order valence-electron chi connectivity index (χ4n) is 1.58. The number of Topliss-reactive ketones (excluding diaryl/α,β-unsaturated/α-hetero) is 1. The van der Waals surface area contributed by atoms with Crippen LogP contribution in [0.5, 0.6) is 0 Å². The van der Waals surface area contributed by atoms with E-state index in [4.69, 9.17) is 4.52 Å². The minimum atomic E-state index is 0.0265. The molecular formula is C12H15N3O2. The van der Waals surface area contributed by atoms with Crippen molar-refractivity contribution in [2.45, 2.75) is 33.2 Å². The van der Waals surface area contributed by atoms with Crippen molar-refractivity contribution in [3.8, 4) is 0 Å². The minimum absolute atomic E-state index is 0.0265. The summed E-state index contributed by atoms with van der Waals surface area (Å²) in [7, 11) is 0. The molecule has 0 amide bonds. The standard InChI is InChI=1S/C12H15N3O2/c1-8(2)12-13-11(17-14-12)7-15-6-4-5-10(15)9(3)16/h4-6,8H,7H2,1-3H3. The molecule has 0 aliphatic carbocycles. The van der Waals surface area contributed by atoms with Gasteiger partial charge in [0.25, 0.3) is 0 Å². The SMILES string of the molecule is CC(=O)c1cccn1Cc1nc(C(C)C)no1. The van der Waals surface area contributed by atoms with Crippen molar-refractivity contribution in [3.63, 3.8) is 0 Å². The largest absolute Gasteiger partial charge is 0.337 e. The summed E-state index contributed by atoms with van der Waals surface area (Å²) in [5, 5.41) is 3.89. The van der Waals surface area contributed by atoms with Gasteiger partial charge in [0, 0.05) is 19.0 Å². The van der Waals surface area contributed by atoms with Gasteiger partial charge in [-0.2, -0.15) is 4.98 Å². The third-order valence-corrected chi connectivity index (χ3v) is 2.50. The van der Waals surface area contributed by atoms with E-state index < -0.39 is 0 Å². The van der Waals surface area contributed by atoms with Crippen molar-refractivity contribution < 1.29 is 9.32 Å². The summed E-state index contributed by atoms with van der Waals surface area (Å²) in [5.41, 5.74) is 0.647. The number of aromatic nitrogens is 3. The zero-order chi connectivity index (χ0) is 12.4. The van der Waals surface area contributed by atoms with E-state index in [2.05, 4.69) is 10.1 Å². The molecule has 90 valence electrons. The zero-order valence-corrected chi connectivity index (χ0v) is 10.2. The molecule has 0 spiro atoms. The molecule has 0 saturated heterocycles. The van der Waals surface area contributed by atoms with Crippen molar-refractivity contribution >= 4 is 5.78 Å². The van der Waals surface area contributed by atoms with Crippen LogP contribution in [-0.2, 0) is 6.54 Å². The van der Waals surface area contributed by atoms with Crippen LogP contribution in [0.4, 0.5) is 0 Å². The predicted molar refractivity (Wildman–Crippen MR) is 61.9 cm³/mol. The summed E-state index contributed by atoms with van der Waals surface area (Å²) in [4.78, 5) is 15.6. The molecule has 5 nitrogen and oxygen atoms in total. The van der Waals surface area contributed by atoms with Gasteiger partial charge in [0.15, 0.2) is 11.6 Å². The van der Waals surface area contributed by atoms with E-state index in [1.54, 1.807) is 17.6 Å². The Balaban J connectivity index is 2.19. The topological polar surface area (TPSA) is 60.9 Å². The van der Waals surface area contributed by atoms with Crippen molar-refractivity contribution in [2.24, 2.45) is 0 Å². The quantitative estimate of drug-likeness (QED) is 0.760. The molecule has 0 aliphatic heterocycles. The summed E-state index contributed by atoms with van der Waals surface area (Å²) in [6.45, 7) is 5.98. The Kier molecular flexibility index (Phi) is 3.08. The third kappa shape index (κ3) is 2.43. The van der Waals surface area contributed by atoms with E-state index in [1.165, 1.54) is 0 Å². The van der Waals surface area contributed by atoms with E-state index in [9.17, 15) is 4.79 Å². The molecular weight excluding hydrogens is 218 g/mol. The highest BCUT2D eigenvalue weighted by Crippen LogP contribution is 2.12. The van der Waals surface area contributed by atoms with Gasteiger partial charge in [0.2, 0.25) is 5.89 Å². The van der Waals surface area contributed by atoms with Crippen molar-refractivity contribution in [1.29, 1.82) is 0 Å². The normalized spacial score (nSPS) is 11.1. The Hall–Kier alpha value is -1.91. The Morgan fingerprint density at radius 3 is 2.88 bits per heavy atom. The van der Waals surface area contributed by atoms with E-state index in [0.29, 0.717) is 24.0 Å². The first-order chi connectivity index (χ1) is 8.08. The summed E-state index contributed by atoms with van der Waals surface area (Å²) >= 11 is 0. The number of hydrogen-bond donors (Lipinski definition) is 0. The maximum Gasteiger partial charge on any atom is 0.246 e. The van der Waals surface area contributed by atoms with Crippen LogP contribution in [-0.4, -0.2) is 20.5 Å². The molecule has 2 aromatic heterocycles. The second-order valence-corrected chi connectivity index (χ2v) is 4.28. The van der Waals surface area contributed by atoms with Gasteiger partial charge in [-0.1, -0.05) is 19.0 Å². The van der Waals surface area contributed by atoms with Crippen LogP contribution in [0.25, 0.3) is 0 Å². The highest BCUT2D eigenvalue weighted by molar-refractivity contribution is 5.92. The summed E-state index contributed by atoms with van der Waals surface area (Å²) in [6.07, 6.45) is 1.83. The monoisotopic (exact) mass is 233 g/mol. The van der Waals surface area contributed by atoms with Crippen LogP contribution in [0.15, 0.2) is 22.9 Å². The molecule has 0 aromatic carbocycles. The highest BCUT2D eigenvalue weighted by atomic mass is 16.5. The first-order valence-corrected chi connectivity index (χ1v) is 5.56. The molecule has 0 atom stereocenters. The van der Waals surface area contributed by atoms with Gasteiger partial charge in [0.1, 0.15) is 6.54 Å². The predicted octanol–water partition coefficient (Wildman–Crippen LogP) is 2.25. The Bertz CT molecular complexity index is 525. The van der Waals surface area contributed by atoms with Gasteiger partial charge >= 0.3 is 0 Å². The smallest absolute Gasteiger partial charge is 0.246 e. The van der Waals surface area contributed by atoms with Crippen LogP contribution in [0.3, 0.4) is 0 Å². The average Bonchev–Trinajstić information content (AvgIpc) is 2.86. The van der Waals surface area contributed by atoms with Gasteiger partial charge in [-0.15, -0.1) is 0 Å². The van der Waals surface area contributed by atoms with Gasteiger partial charge in [0.05, 0.1) is 5.69 Å². The molecule has 0 unspecified atom stereocenters. The van der Waals surface area contributed by atoms with Gasteiger partial charge < -0.3 is 9.09 Å². The molecule has 0 N–H and O–H groups in total. The molecule has 0 aliphatic rings. The minimum Gasteiger partial charge on any atom is -0.337 e. The average molecular weight is 233 g/mol. The molecule has 5 heteroatoms. The fraction of sp³-hybridized carbons (Fsp3) is 0.417. The lowest BCUT2D eigenvalue weighted by Gasteiger charge is -2.02. The first-order valence-electron chi connectivity index (χ1n) is 5.56. The van der Waals surface area contributed by atoms with Gasteiger partial charge in [-0.3, -0.25) is 4.79 Å². The molecule has 17 heavy (non-hydrogen) atoms. The number of carbonyl (C=O) groups excluding carboxylic acids is 1. The molecule has 2 rings (SSSR count). The molecule has 0 radical (unpaired) electrons. The van der Waals surface area contributed by atoms with Crippen LogP contribution in [0.1, 0.15) is 48.9 Å². The maximum absolute atomic E-state index is 11.3. The van der Waals surface area contributed by atoms with E-state index >= 15 is 0 Å². The molecule has 2 heterocycles. The summed E-state index contributed by atoms with van der Waals surface area (Å²) in [5.74, 6) is 1.48. The Morgan fingerprint density at radius 2 is 2.29 bits per heavy atom. The highest BCUT2D eigenvalue weighted by Gasteiger charge is 2.12. The Morgan fingerprint density at radius 1 is 1.53 bits per heavy atom. The number of nitrogens with zero attached hydrogens (tertiary/aromatic N) is 3. The summed E-state index contributed by atoms with van der Waals surface area (Å²) in [6, 6.07) is 3.61. The maximum atomic E-state index is 11.3. The van der Waals surface area contributed by atoms with Crippen LogP contribution in [0.2, 0.25) is 0 Å². The number of ketones is 1. The fourth-order valence-corrected chi connectivity index (χ4v) is 1.58. The Labute approximate surface area is 99.4 Å². The second kappa shape index (κ2) is 4.53. The lowest BCUT2D eigenvalue weighted by atomic mass is 10.2. The van der Waals surface area contributed by atoms with Crippen LogP contribution >= 0.6 is 0 Å².